The molecule has 0 heterocycles. The lowest BCUT2D eigenvalue weighted by Crippen LogP contribution is -2.03. The van der Waals surface area contributed by atoms with Gasteiger partial charge in [0, 0.05) is 31.4 Å². The topological polar surface area (TPSA) is 63.2 Å². The average Bonchev–Trinajstić information content (AvgIpc) is 2.69. The van der Waals surface area contributed by atoms with Crippen LogP contribution in [0.3, 0.4) is 0 Å². The smallest absolute Gasteiger partial charge is 0.188 e. The van der Waals surface area contributed by atoms with Crippen molar-refractivity contribution in [3.63, 3.8) is 0 Å². The van der Waals surface area contributed by atoms with Gasteiger partial charge in [-0.3, -0.25) is 4.79 Å². The van der Waals surface area contributed by atoms with E-state index in [1.807, 2.05) is 0 Å². The van der Waals surface area contributed by atoms with Gasteiger partial charge in [0.2, 0.25) is 0 Å². The van der Waals surface area contributed by atoms with Crippen LogP contribution in [0.15, 0.2) is 48.5 Å². The SMILES string of the molecule is COCOc1ccc(/C=C/C(=O)c2ccc(OC)cc2)c(OCOC)c1. The summed E-state index contributed by atoms with van der Waals surface area (Å²) in [6.45, 7) is 0.218. The van der Waals surface area contributed by atoms with Crippen molar-refractivity contribution in [1.29, 1.82) is 0 Å². The summed E-state index contributed by atoms with van der Waals surface area (Å²) in [7, 11) is 4.66. The molecule has 0 fully saturated rings. The molecule has 0 saturated carbocycles. The monoisotopic (exact) mass is 358 g/mol. The summed E-state index contributed by atoms with van der Waals surface area (Å²) in [4.78, 5) is 12.3. The van der Waals surface area contributed by atoms with E-state index >= 15 is 0 Å². The van der Waals surface area contributed by atoms with E-state index in [2.05, 4.69) is 0 Å². The summed E-state index contributed by atoms with van der Waals surface area (Å²) in [5, 5.41) is 0. The van der Waals surface area contributed by atoms with Crippen LogP contribution in [-0.2, 0) is 9.47 Å². The van der Waals surface area contributed by atoms with Gasteiger partial charge in [-0.2, -0.15) is 0 Å². The third-order valence-corrected chi connectivity index (χ3v) is 3.45. The van der Waals surface area contributed by atoms with Crippen molar-refractivity contribution in [2.45, 2.75) is 0 Å². The normalized spacial score (nSPS) is 10.7. The molecule has 2 aromatic carbocycles. The lowest BCUT2D eigenvalue weighted by molar-refractivity contribution is 0.0459. The number of rotatable bonds is 10. The highest BCUT2D eigenvalue weighted by atomic mass is 16.7. The number of hydrogen-bond acceptors (Lipinski definition) is 6. The van der Waals surface area contributed by atoms with E-state index in [4.69, 9.17) is 23.7 Å². The van der Waals surface area contributed by atoms with Crippen molar-refractivity contribution >= 4 is 11.9 Å². The Hall–Kier alpha value is -2.83. The van der Waals surface area contributed by atoms with Crippen LogP contribution >= 0.6 is 0 Å². The maximum Gasteiger partial charge on any atom is 0.188 e. The summed E-state index contributed by atoms with van der Waals surface area (Å²) in [6.07, 6.45) is 3.18. The van der Waals surface area contributed by atoms with Gasteiger partial charge in [0.1, 0.15) is 17.2 Å². The summed E-state index contributed by atoms with van der Waals surface area (Å²) in [5.74, 6) is 1.72. The Balaban J connectivity index is 2.16. The molecular weight excluding hydrogens is 336 g/mol. The Morgan fingerprint density at radius 1 is 0.885 bits per heavy atom. The molecule has 26 heavy (non-hydrogen) atoms. The fourth-order valence-corrected chi connectivity index (χ4v) is 2.13. The molecule has 0 aromatic heterocycles. The fraction of sp³-hybridized carbons (Fsp3) is 0.250. The van der Waals surface area contributed by atoms with E-state index in [1.165, 1.54) is 13.2 Å². The standard InChI is InChI=1S/C20H22O6/c1-22-13-25-18-10-6-16(20(12-18)26-14-23-2)7-11-19(21)15-4-8-17(24-3)9-5-15/h4-12H,13-14H2,1-3H3/b11-7+. The molecule has 138 valence electrons. The molecule has 2 rings (SSSR count). The number of carbonyl (C=O) groups is 1. The molecule has 0 aliphatic heterocycles. The highest BCUT2D eigenvalue weighted by Crippen LogP contribution is 2.26. The van der Waals surface area contributed by atoms with E-state index in [0.717, 1.165) is 5.56 Å². The molecule has 2 aromatic rings. The Kier molecular flexibility index (Phi) is 7.67. The Labute approximate surface area is 152 Å². The zero-order chi connectivity index (χ0) is 18.8. The van der Waals surface area contributed by atoms with Crippen molar-refractivity contribution in [2.75, 3.05) is 34.9 Å². The summed E-state index contributed by atoms with van der Waals surface area (Å²) < 4.78 is 25.9. The zero-order valence-corrected chi connectivity index (χ0v) is 15.1. The molecule has 0 aliphatic rings. The van der Waals surface area contributed by atoms with Crippen molar-refractivity contribution in [1.82, 2.24) is 0 Å². The number of benzene rings is 2. The third kappa shape index (κ3) is 5.61. The lowest BCUT2D eigenvalue weighted by atomic mass is 10.1. The second-order valence-corrected chi connectivity index (χ2v) is 5.23. The van der Waals surface area contributed by atoms with Crippen LogP contribution in [0.5, 0.6) is 17.2 Å². The van der Waals surface area contributed by atoms with Gasteiger partial charge in [0.05, 0.1) is 7.11 Å². The van der Waals surface area contributed by atoms with Crippen LogP contribution in [0.2, 0.25) is 0 Å². The largest absolute Gasteiger partial charge is 0.497 e. The lowest BCUT2D eigenvalue weighted by Gasteiger charge is -2.11. The second kappa shape index (κ2) is 10.2. The van der Waals surface area contributed by atoms with Gasteiger partial charge in [-0.1, -0.05) is 0 Å². The Morgan fingerprint density at radius 3 is 2.19 bits per heavy atom. The van der Waals surface area contributed by atoms with Crippen molar-refractivity contribution in [3.05, 3.63) is 59.7 Å². The van der Waals surface area contributed by atoms with Crippen LogP contribution in [0.25, 0.3) is 6.08 Å². The van der Waals surface area contributed by atoms with Crippen LogP contribution in [0, 0.1) is 0 Å². The van der Waals surface area contributed by atoms with Crippen LogP contribution < -0.4 is 14.2 Å². The molecule has 0 N–H and O–H groups in total. The van der Waals surface area contributed by atoms with E-state index < -0.39 is 0 Å². The number of hydrogen-bond donors (Lipinski definition) is 0. The zero-order valence-electron chi connectivity index (χ0n) is 15.1. The highest BCUT2D eigenvalue weighted by molar-refractivity contribution is 6.07. The van der Waals surface area contributed by atoms with Gasteiger partial charge >= 0.3 is 0 Å². The maximum atomic E-state index is 12.3. The van der Waals surface area contributed by atoms with Gasteiger partial charge in [-0.15, -0.1) is 0 Å². The van der Waals surface area contributed by atoms with Crippen molar-refractivity contribution in [3.8, 4) is 17.2 Å². The first kappa shape index (κ1) is 19.5. The average molecular weight is 358 g/mol. The first-order valence-corrected chi connectivity index (χ1v) is 7.92. The van der Waals surface area contributed by atoms with Crippen molar-refractivity contribution < 1.29 is 28.5 Å². The summed E-state index contributed by atoms with van der Waals surface area (Å²) >= 11 is 0. The number of methoxy groups -OCH3 is 3. The minimum absolute atomic E-state index is 0.0843. The van der Waals surface area contributed by atoms with Gasteiger partial charge in [0.25, 0.3) is 0 Å². The van der Waals surface area contributed by atoms with E-state index in [1.54, 1.807) is 62.8 Å². The van der Waals surface area contributed by atoms with Crippen LogP contribution in [-0.4, -0.2) is 40.7 Å². The minimum Gasteiger partial charge on any atom is -0.497 e. The maximum absolute atomic E-state index is 12.3. The molecule has 0 radical (unpaired) electrons. The fourth-order valence-electron chi connectivity index (χ4n) is 2.13. The second-order valence-electron chi connectivity index (χ2n) is 5.23. The number of ketones is 1. The number of allylic oxidation sites excluding steroid dienone is 1. The quantitative estimate of drug-likeness (QED) is 0.368. The van der Waals surface area contributed by atoms with Crippen LogP contribution in [0.1, 0.15) is 15.9 Å². The molecule has 0 bridgehead atoms. The Morgan fingerprint density at radius 2 is 1.54 bits per heavy atom. The molecule has 0 saturated heterocycles. The predicted molar refractivity (Wildman–Crippen MR) is 97.8 cm³/mol. The summed E-state index contributed by atoms with van der Waals surface area (Å²) in [6, 6.07) is 12.2. The molecule has 0 amide bonds. The molecule has 0 aliphatic carbocycles. The molecule has 6 heteroatoms. The third-order valence-electron chi connectivity index (χ3n) is 3.45. The first-order valence-electron chi connectivity index (χ1n) is 7.92. The molecule has 0 atom stereocenters. The van der Waals surface area contributed by atoms with Crippen molar-refractivity contribution in [2.24, 2.45) is 0 Å². The number of carbonyl (C=O) groups excluding carboxylic acids is 1. The minimum atomic E-state index is -0.120. The Bertz CT molecular complexity index is 736. The van der Waals surface area contributed by atoms with Gasteiger partial charge in [-0.25, -0.2) is 0 Å². The predicted octanol–water partition coefficient (Wildman–Crippen LogP) is 3.56. The molecule has 0 spiro atoms. The van der Waals surface area contributed by atoms with E-state index in [-0.39, 0.29) is 19.4 Å². The van der Waals surface area contributed by atoms with E-state index in [9.17, 15) is 4.79 Å². The molecule has 6 nitrogen and oxygen atoms in total. The highest BCUT2D eigenvalue weighted by Gasteiger charge is 2.07. The summed E-state index contributed by atoms with van der Waals surface area (Å²) in [5.41, 5.74) is 1.30. The molecule has 0 unspecified atom stereocenters. The first-order chi connectivity index (χ1) is 12.7. The number of ether oxygens (including phenoxy) is 5. The van der Waals surface area contributed by atoms with Gasteiger partial charge in [0.15, 0.2) is 19.4 Å². The van der Waals surface area contributed by atoms with Gasteiger partial charge < -0.3 is 23.7 Å². The van der Waals surface area contributed by atoms with Crippen LogP contribution in [0.4, 0.5) is 0 Å². The molecular formula is C20H22O6. The van der Waals surface area contributed by atoms with E-state index in [0.29, 0.717) is 22.8 Å². The van der Waals surface area contributed by atoms with Gasteiger partial charge in [-0.05, 0) is 48.6 Å².